The average Bonchev–Trinajstić information content (AvgIpc) is 3.10. The summed E-state index contributed by atoms with van der Waals surface area (Å²) >= 11 is 0. The minimum atomic E-state index is -0.858. The Kier molecular flexibility index (Phi) is 8.01. The van der Waals surface area contributed by atoms with Crippen LogP contribution in [0.15, 0.2) is 54.1 Å². The zero-order valence-corrected chi connectivity index (χ0v) is 19.6. The maximum absolute atomic E-state index is 13.1. The summed E-state index contributed by atoms with van der Waals surface area (Å²) in [6.45, 7) is 8.76. The fourth-order valence-corrected chi connectivity index (χ4v) is 4.06. The van der Waals surface area contributed by atoms with Crippen molar-refractivity contribution in [3.05, 3.63) is 75.3 Å². The van der Waals surface area contributed by atoms with Crippen LogP contribution in [0, 0.1) is 10.1 Å². The van der Waals surface area contributed by atoms with E-state index in [0.717, 1.165) is 13.1 Å². The molecule has 1 fully saturated rings. The first kappa shape index (κ1) is 24.9. The number of amides is 1. The second-order valence-electron chi connectivity index (χ2n) is 7.83. The van der Waals surface area contributed by atoms with Gasteiger partial charge in [-0.1, -0.05) is 13.8 Å². The summed E-state index contributed by atoms with van der Waals surface area (Å²) in [5.41, 5.74) is 0.742. The van der Waals surface area contributed by atoms with E-state index in [9.17, 15) is 24.8 Å². The van der Waals surface area contributed by atoms with Crippen molar-refractivity contribution in [1.82, 2.24) is 9.80 Å². The van der Waals surface area contributed by atoms with Gasteiger partial charge in [-0.15, -0.1) is 0 Å². The summed E-state index contributed by atoms with van der Waals surface area (Å²) in [6, 6.07) is 11.4. The monoisotopic (exact) mass is 467 g/mol. The van der Waals surface area contributed by atoms with Crippen molar-refractivity contribution >= 4 is 23.1 Å². The molecule has 3 rings (SSSR count). The Labute approximate surface area is 198 Å². The predicted octanol–water partition coefficient (Wildman–Crippen LogP) is 3.76. The molecule has 2 aromatic rings. The first-order valence-corrected chi connectivity index (χ1v) is 11.3. The molecule has 9 nitrogen and oxygen atoms in total. The van der Waals surface area contributed by atoms with Gasteiger partial charge in [0.15, 0.2) is 0 Å². The number of ketones is 1. The minimum Gasteiger partial charge on any atom is -0.507 e. The summed E-state index contributed by atoms with van der Waals surface area (Å²) in [5.74, 6) is -1.17. The van der Waals surface area contributed by atoms with Gasteiger partial charge in [0.2, 0.25) is 0 Å². The molecule has 0 bridgehead atoms. The van der Waals surface area contributed by atoms with E-state index in [-0.39, 0.29) is 23.6 Å². The zero-order chi connectivity index (χ0) is 24.8. The van der Waals surface area contributed by atoms with Crippen LogP contribution in [0.3, 0.4) is 0 Å². The third-order valence-corrected chi connectivity index (χ3v) is 5.95. The van der Waals surface area contributed by atoms with E-state index in [1.807, 2.05) is 20.8 Å². The molecule has 180 valence electrons. The molecule has 1 heterocycles. The van der Waals surface area contributed by atoms with E-state index in [4.69, 9.17) is 4.74 Å². The number of hydrogen-bond acceptors (Lipinski definition) is 7. The quantitative estimate of drug-likeness (QED) is 0.186. The van der Waals surface area contributed by atoms with Crippen LogP contribution in [0.5, 0.6) is 5.75 Å². The summed E-state index contributed by atoms with van der Waals surface area (Å²) < 4.78 is 5.43. The number of likely N-dealkylation sites (N-methyl/N-ethyl adjacent to an activating group) is 1. The number of rotatable bonds is 10. The minimum absolute atomic E-state index is 0.0393. The number of hydrogen-bond donors (Lipinski definition) is 1. The number of ether oxygens (including phenoxy) is 1. The first-order chi connectivity index (χ1) is 16.3. The summed E-state index contributed by atoms with van der Waals surface area (Å²) in [7, 11) is 0. The van der Waals surface area contributed by atoms with Crippen LogP contribution in [0.1, 0.15) is 37.9 Å². The number of nitro groups is 1. The van der Waals surface area contributed by atoms with E-state index in [1.54, 1.807) is 24.3 Å². The van der Waals surface area contributed by atoms with Crippen LogP contribution in [0.4, 0.5) is 5.69 Å². The number of nitrogens with zero attached hydrogens (tertiary/aromatic N) is 3. The number of likely N-dealkylation sites (tertiary alicyclic amines) is 1. The predicted molar refractivity (Wildman–Crippen MR) is 128 cm³/mol. The number of aliphatic hydroxyl groups is 1. The molecule has 0 aromatic heterocycles. The van der Waals surface area contributed by atoms with Crippen molar-refractivity contribution in [3.63, 3.8) is 0 Å². The Morgan fingerprint density at radius 2 is 1.68 bits per heavy atom. The number of benzene rings is 2. The van der Waals surface area contributed by atoms with Crippen molar-refractivity contribution in [1.29, 1.82) is 0 Å². The van der Waals surface area contributed by atoms with Crippen LogP contribution in [-0.4, -0.2) is 64.3 Å². The fraction of sp³-hybridized carbons (Fsp3) is 0.360. The normalized spacial score (nSPS) is 17.4. The Morgan fingerprint density at radius 3 is 2.21 bits per heavy atom. The topological polar surface area (TPSA) is 113 Å². The third-order valence-electron chi connectivity index (χ3n) is 5.95. The Bertz CT molecular complexity index is 1070. The molecular weight excluding hydrogens is 438 g/mol. The summed E-state index contributed by atoms with van der Waals surface area (Å²) in [6.07, 6.45) is 0. The number of non-ortho nitro benzene ring substituents is 1. The number of nitro benzene ring substituents is 1. The molecule has 9 heteroatoms. The fourth-order valence-electron chi connectivity index (χ4n) is 4.06. The molecule has 1 atom stereocenters. The lowest BCUT2D eigenvalue weighted by Gasteiger charge is -2.28. The summed E-state index contributed by atoms with van der Waals surface area (Å²) in [4.78, 5) is 40.3. The Hall–Kier alpha value is -3.72. The molecule has 1 saturated heterocycles. The molecule has 1 aliphatic heterocycles. The summed E-state index contributed by atoms with van der Waals surface area (Å²) in [5, 5.41) is 22.2. The van der Waals surface area contributed by atoms with Gasteiger partial charge in [-0.3, -0.25) is 19.7 Å². The largest absolute Gasteiger partial charge is 0.507 e. The van der Waals surface area contributed by atoms with E-state index < -0.39 is 22.7 Å². The van der Waals surface area contributed by atoms with Gasteiger partial charge in [0.05, 0.1) is 23.1 Å². The average molecular weight is 468 g/mol. The molecule has 1 N–H and O–H groups in total. The molecule has 0 unspecified atom stereocenters. The third kappa shape index (κ3) is 5.09. The van der Waals surface area contributed by atoms with Gasteiger partial charge in [-0.25, -0.2) is 0 Å². The maximum Gasteiger partial charge on any atom is 0.295 e. The second-order valence-corrected chi connectivity index (χ2v) is 7.83. The molecule has 1 aliphatic rings. The number of Topliss-reactive ketones (excluding diaryl/α,β-unsaturated/α-hetero) is 1. The van der Waals surface area contributed by atoms with Gasteiger partial charge in [0.1, 0.15) is 11.5 Å². The smallest absolute Gasteiger partial charge is 0.295 e. The van der Waals surface area contributed by atoms with E-state index in [2.05, 4.69) is 4.90 Å². The van der Waals surface area contributed by atoms with E-state index in [0.29, 0.717) is 30.0 Å². The van der Waals surface area contributed by atoms with Gasteiger partial charge >= 0.3 is 0 Å². The lowest BCUT2D eigenvalue weighted by atomic mass is 9.95. The lowest BCUT2D eigenvalue weighted by molar-refractivity contribution is -0.384. The van der Waals surface area contributed by atoms with Crippen molar-refractivity contribution in [2.45, 2.75) is 26.8 Å². The molecular formula is C25H29N3O6. The van der Waals surface area contributed by atoms with Crippen LogP contribution < -0.4 is 4.74 Å². The standard InChI is InChI=1S/C25H29N3O6/c1-4-26(5-2)15-16-27-22(17-7-11-19(12-8-17)28(32)33)21(24(30)25(27)31)23(29)18-9-13-20(14-10-18)34-6-3/h7-14,22,29H,4-6,15-16H2,1-3H3/b23-21+/t22-/m0/s1. The molecule has 0 saturated carbocycles. The lowest BCUT2D eigenvalue weighted by Crippen LogP contribution is -2.38. The van der Waals surface area contributed by atoms with Gasteiger partial charge < -0.3 is 19.6 Å². The van der Waals surface area contributed by atoms with Gasteiger partial charge in [0, 0.05) is 30.8 Å². The number of aliphatic hydroxyl groups excluding tert-OH is 1. The van der Waals surface area contributed by atoms with Crippen molar-refractivity contribution in [3.8, 4) is 5.75 Å². The van der Waals surface area contributed by atoms with Gasteiger partial charge in [0.25, 0.3) is 17.4 Å². The number of carbonyl (C=O) groups is 2. The maximum atomic E-state index is 13.1. The second kappa shape index (κ2) is 10.9. The van der Waals surface area contributed by atoms with Gasteiger partial charge in [-0.2, -0.15) is 0 Å². The van der Waals surface area contributed by atoms with Crippen LogP contribution >= 0.6 is 0 Å². The number of carbonyl (C=O) groups excluding carboxylic acids is 2. The Morgan fingerprint density at radius 1 is 1.06 bits per heavy atom. The van der Waals surface area contributed by atoms with Crippen molar-refractivity contribution in [2.24, 2.45) is 0 Å². The molecule has 1 amide bonds. The van der Waals surface area contributed by atoms with E-state index in [1.165, 1.54) is 29.2 Å². The highest BCUT2D eigenvalue weighted by Gasteiger charge is 2.46. The molecule has 0 aliphatic carbocycles. The molecule has 2 aromatic carbocycles. The van der Waals surface area contributed by atoms with Crippen LogP contribution in [-0.2, 0) is 9.59 Å². The van der Waals surface area contributed by atoms with Crippen molar-refractivity contribution < 1.29 is 24.4 Å². The molecule has 0 spiro atoms. The Balaban J connectivity index is 2.07. The highest BCUT2D eigenvalue weighted by molar-refractivity contribution is 6.46. The van der Waals surface area contributed by atoms with Crippen LogP contribution in [0.2, 0.25) is 0 Å². The first-order valence-electron chi connectivity index (χ1n) is 11.3. The SMILES string of the molecule is CCOc1ccc(/C(O)=C2\C(=O)C(=O)N(CCN(CC)CC)[C@H]2c2ccc([N+](=O)[O-])cc2)cc1. The van der Waals surface area contributed by atoms with Crippen LogP contribution in [0.25, 0.3) is 5.76 Å². The van der Waals surface area contributed by atoms with Crippen molar-refractivity contribution in [2.75, 3.05) is 32.8 Å². The highest BCUT2D eigenvalue weighted by atomic mass is 16.6. The molecule has 0 radical (unpaired) electrons. The molecule has 34 heavy (non-hydrogen) atoms. The highest BCUT2D eigenvalue weighted by Crippen LogP contribution is 2.39. The van der Waals surface area contributed by atoms with Gasteiger partial charge in [-0.05, 0) is 62.0 Å². The zero-order valence-electron chi connectivity index (χ0n) is 19.6. The van der Waals surface area contributed by atoms with E-state index >= 15 is 0 Å².